The molecule has 0 bridgehead atoms. The summed E-state index contributed by atoms with van der Waals surface area (Å²) in [6.45, 7) is 21.9. The number of piperidine rings is 1. The first-order valence-electron chi connectivity index (χ1n) is 8.45. The van der Waals surface area contributed by atoms with Crippen molar-refractivity contribution >= 4 is 0 Å². The molecule has 0 amide bonds. The summed E-state index contributed by atoms with van der Waals surface area (Å²) in [5.74, 6) is 3.18. The molecule has 0 saturated carbocycles. The number of hydrogen-bond donors (Lipinski definition) is 0. The van der Waals surface area contributed by atoms with E-state index in [1.807, 2.05) is 0 Å². The van der Waals surface area contributed by atoms with E-state index in [0.29, 0.717) is 5.41 Å². The van der Waals surface area contributed by atoms with Crippen LogP contribution in [0.4, 0.5) is 0 Å². The Labute approximate surface area is 122 Å². The van der Waals surface area contributed by atoms with E-state index in [2.05, 4.69) is 60.3 Å². The van der Waals surface area contributed by atoms with Crippen molar-refractivity contribution in [3.63, 3.8) is 0 Å². The highest BCUT2D eigenvalue weighted by molar-refractivity contribution is 4.98. The van der Waals surface area contributed by atoms with Crippen molar-refractivity contribution in [2.24, 2.45) is 29.1 Å². The average molecular weight is 268 g/mol. The second-order valence-corrected chi connectivity index (χ2v) is 8.21. The van der Waals surface area contributed by atoms with Gasteiger partial charge in [-0.25, -0.2) is 0 Å². The van der Waals surface area contributed by atoms with Crippen LogP contribution in [-0.4, -0.2) is 24.0 Å². The minimum absolute atomic E-state index is 0.496. The van der Waals surface area contributed by atoms with Gasteiger partial charge < -0.3 is 0 Å². The molecule has 0 aromatic carbocycles. The van der Waals surface area contributed by atoms with Gasteiger partial charge in [0.15, 0.2) is 0 Å². The molecule has 0 radical (unpaired) electrons. The Hall–Kier alpha value is -0.0400. The third kappa shape index (κ3) is 3.97. The summed E-state index contributed by atoms with van der Waals surface area (Å²) in [6, 6.07) is 0.760. The van der Waals surface area contributed by atoms with Gasteiger partial charge in [0.1, 0.15) is 0 Å². The monoisotopic (exact) mass is 267 g/mol. The fourth-order valence-electron chi connectivity index (χ4n) is 4.28. The van der Waals surface area contributed by atoms with Gasteiger partial charge in [-0.15, -0.1) is 0 Å². The zero-order valence-electron chi connectivity index (χ0n) is 14.7. The largest absolute Gasteiger partial charge is 0.299 e. The van der Waals surface area contributed by atoms with E-state index in [-0.39, 0.29) is 0 Å². The van der Waals surface area contributed by atoms with Gasteiger partial charge in [0.05, 0.1) is 0 Å². The highest BCUT2D eigenvalue weighted by Crippen LogP contribution is 2.45. The molecule has 1 heteroatoms. The van der Waals surface area contributed by atoms with Crippen LogP contribution in [0.15, 0.2) is 0 Å². The standard InChI is InChI=1S/C18H37N/c1-9-18(8)10-15(6)12-19(11-13(2)3)17(18)16(7)14(4)5/h13-17H,9-12H2,1-8H3. The van der Waals surface area contributed by atoms with E-state index in [1.54, 1.807) is 0 Å². The molecule has 1 rings (SSSR count). The predicted molar refractivity (Wildman–Crippen MR) is 86.4 cm³/mol. The molecule has 114 valence electrons. The highest BCUT2D eigenvalue weighted by atomic mass is 15.2. The molecule has 0 aliphatic carbocycles. The van der Waals surface area contributed by atoms with Crippen LogP contribution in [0, 0.1) is 29.1 Å². The molecule has 0 aromatic rings. The van der Waals surface area contributed by atoms with E-state index in [9.17, 15) is 0 Å². The molecule has 1 nitrogen and oxygen atoms in total. The van der Waals surface area contributed by atoms with Crippen molar-refractivity contribution in [1.82, 2.24) is 4.90 Å². The van der Waals surface area contributed by atoms with Gasteiger partial charge in [-0.2, -0.15) is 0 Å². The van der Waals surface area contributed by atoms with Crippen LogP contribution in [0.2, 0.25) is 0 Å². The lowest BCUT2D eigenvalue weighted by Crippen LogP contribution is -2.57. The molecular weight excluding hydrogens is 230 g/mol. The molecule has 1 heterocycles. The second-order valence-electron chi connectivity index (χ2n) is 8.21. The van der Waals surface area contributed by atoms with E-state index in [0.717, 1.165) is 29.7 Å². The number of nitrogens with zero attached hydrogens (tertiary/aromatic N) is 1. The lowest BCUT2D eigenvalue weighted by atomic mass is 9.64. The summed E-state index contributed by atoms with van der Waals surface area (Å²) in [4.78, 5) is 2.83. The average Bonchev–Trinajstić information content (AvgIpc) is 2.26. The van der Waals surface area contributed by atoms with Gasteiger partial charge in [-0.1, -0.05) is 55.4 Å². The lowest BCUT2D eigenvalue weighted by molar-refractivity contribution is -0.0482. The van der Waals surface area contributed by atoms with Gasteiger partial charge in [0.2, 0.25) is 0 Å². The Kier molecular flexibility index (Phi) is 5.92. The van der Waals surface area contributed by atoms with Crippen molar-refractivity contribution in [3.8, 4) is 0 Å². The minimum Gasteiger partial charge on any atom is -0.299 e. The summed E-state index contributed by atoms with van der Waals surface area (Å²) in [7, 11) is 0. The maximum Gasteiger partial charge on any atom is 0.0177 e. The molecule has 4 unspecified atom stereocenters. The fraction of sp³-hybridized carbons (Fsp3) is 1.00. The SMILES string of the molecule is CCC1(C)CC(C)CN(CC(C)C)C1C(C)C(C)C. The third-order valence-electron chi connectivity index (χ3n) is 5.43. The van der Waals surface area contributed by atoms with Crippen molar-refractivity contribution in [2.45, 2.75) is 74.3 Å². The molecule has 4 atom stereocenters. The zero-order valence-corrected chi connectivity index (χ0v) is 14.7. The molecule has 0 aromatic heterocycles. The molecule has 1 saturated heterocycles. The van der Waals surface area contributed by atoms with E-state index >= 15 is 0 Å². The number of rotatable bonds is 5. The highest BCUT2D eigenvalue weighted by Gasteiger charge is 2.45. The Balaban J connectivity index is 3.03. The first kappa shape index (κ1) is 17.0. The van der Waals surface area contributed by atoms with Gasteiger partial charge in [0.25, 0.3) is 0 Å². The van der Waals surface area contributed by atoms with Crippen LogP contribution in [0.5, 0.6) is 0 Å². The second kappa shape index (κ2) is 6.61. The number of likely N-dealkylation sites (tertiary alicyclic amines) is 1. The quantitative estimate of drug-likeness (QED) is 0.673. The van der Waals surface area contributed by atoms with Gasteiger partial charge in [-0.3, -0.25) is 4.90 Å². The maximum atomic E-state index is 2.83. The van der Waals surface area contributed by atoms with Crippen molar-refractivity contribution in [2.75, 3.05) is 13.1 Å². The first-order chi connectivity index (χ1) is 8.71. The van der Waals surface area contributed by atoms with Crippen molar-refractivity contribution < 1.29 is 0 Å². The third-order valence-corrected chi connectivity index (χ3v) is 5.43. The molecule has 1 aliphatic rings. The predicted octanol–water partition coefficient (Wildman–Crippen LogP) is 5.06. The Morgan fingerprint density at radius 1 is 1.16 bits per heavy atom. The Morgan fingerprint density at radius 3 is 2.16 bits per heavy atom. The smallest absolute Gasteiger partial charge is 0.0177 e. The molecule has 0 N–H and O–H groups in total. The van der Waals surface area contributed by atoms with Gasteiger partial charge >= 0.3 is 0 Å². The van der Waals surface area contributed by atoms with E-state index < -0.39 is 0 Å². The van der Waals surface area contributed by atoms with Gasteiger partial charge in [-0.05, 0) is 41.9 Å². The summed E-state index contributed by atoms with van der Waals surface area (Å²) in [5.41, 5.74) is 0.496. The molecule has 19 heavy (non-hydrogen) atoms. The van der Waals surface area contributed by atoms with Crippen LogP contribution in [-0.2, 0) is 0 Å². The maximum absolute atomic E-state index is 2.83. The number of hydrogen-bond acceptors (Lipinski definition) is 1. The van der Waals surface area contributed by atoms with Crippen molar-refractivity contribution in [1.29, 1.82) is 0 Å². The zero-order chi connectivity index (χ0) is 14.8. The van der Waals surface area contributed by atoms with Crippen LogP contribution in [0.25, 0.3) is 0 Å². The molecule has 1 aliphatic heterocycles. The summed E-state index contributed by atoms with van der Waals surface area (Å²) < 4.78 is 0. The minimum atomic E-state index is 0.496. The Morgan fingerprint density at radius 2 is 1.74 bits per heavy atom. The topological polar surface area (TPSA) is 3.24 Å². The fourth-order valence-corrected chi connectivity index (χ4v) is 4.28. The molecular formula is C18H37N. The first-order valence-corrected chi connectivity index (χ1v) is 8.45. The van der Waals surface area contributed by atoms with E-state index in [4.69, 9.17) is 0 Å². The van der Waals surface area contributed by atoms with Crippen LogP contribution >= 0.6 is 0 Å². The lowest BCUT2D eigenvalue weighted by Gasteiger charge is -2.54. The molecule has 1 fully saturated rings. The normalized spacial score (nSPS) is 35.1. The summed E-state index contributed by atoms with van der Waals surface area (Å²) in [6.07, 6.45) is 2.72. The molecule has 0 spiro atoms. The summed E-state index contributed by atoms with van der Waals surface area (Å²) in [5, 5.41) is 0. The van der Waals surface area contributed by atoms with Crippen LogP contribution in [0.1, 0.15) is 68.2 Å². The van der Waals surface area contributed by atoms with Crippen molar-refractivity contribution in [3.05, 3.63) is 0 Å². The summed E-state index contributed by atoms with van der Waals surface area (Å²) >= 11 is 0. The van der Waals surface area contributed by atoms with Gasteiger partial charge in [0, 0.05) is 19.1 Å². The van der Waals surface area contributed by atoms with Crippen LogP contribution in [0.3, 0.4) is 0 Å². The van der Waals surface area contributed by atoms with Crippen LogP contribution < -0.4 is 0 Å². The van der Waals surface area contributed by atoms with E-state index in [1.165, 1.54) is 25.9 Å². The Bertz CT molecular complexity index is 269.